The van der Waals surface area contributed by atoms with Crippen molar-refractivity contribution in [2.45, 2.75) is 136 Å². The molecule has 9 heteroatoms. The Morgan fingerprint density at radius 1 is 0.742 bits per heavy atom. The van der Waals surface area contributed by atoms with E-state index in [0.29, 0.717) is 61.3 Å². The fraction of sp³-hybridized carbons (Fsp3) is 0.491. The third-order valence-corrected chi connectivity index (χ3v) is 12.1. The van der Waals surface area contributed by atoms with Crippen molar-refractivity contribution < 1.29 is 28.2 Å². The summed E-state index contributed by atoms with van der Waals surface area (Å²) in [7, 11) is 0. The third kappa shape index (κ3) is 13.9. The first-order chi connectivity index (χ1) is 29.9. The molecule has 0 heterocycles. The van der Waals surface area contributed by atoms with E-state index in [1.807, 2.05) is 30.3 Å². The highest BCUT2D eigenvalue weighted by Crippen LogP contribution is 2.41. The number of hydrogen-bond acceptors (Lipinski definition) is 8. The molecule has 62 heavy (non-hydrogen) atoms. The van der Waals surface area contributed by atoms with Crippen LogP contribution in [-0.2, 0) is 38.3 Å². The number of rotatable bonds is 24. The highest BCUT2D eigenvalue weighted by molar-refractivity contribution is 5.87. The van der Waals surface area contributed by atoms with E-state index in [1.165, 1.54) is 45.4 Å². The Bertz CT molecular complexity index is 2150. The standard InChI is InChI=1S/C53H64FN3O5/c1-7-9-10-14-39-17-19-41(20-18-39)43-22-24-48(49(54)34-43)47-23-21-42(31-40(47)8-2)46-32-44(15-11-12-27-55)50(45(33-46)16-13-30-60-51(58)37(3)4)61-35-53(25-28-56,26-29-57)36-62-52(59)38(5)6/h21-24,31-34,39,41H,3,5,7-20,25-26,30,35-36H2,1-2,4,6H3. The van der Waals surface area contributed by atoms with Crippen molar-refractivity contribution in [2.24, 2.45) is 11.3 Å². The van der Waals surface area contributed by atoms with Gasteiger partial charge < -0.3 is 14.2 Å². The van der Waals surface area contributed by atoms with Crippen LogP contribution in [0.3, 0.4) is 0 Å². The fourth-order valence-electron chi connectivity index (χ4n) is 8.40. The predicted molar refractivity (Wildman–Crippen MR) is 242 cm³/mol. The van der Waals surface area contributed by atoms with Gasteiger partial charge in [0.05, 0.1) is 36.8 Å². The van der Waals surface area contributed by atoms with E-state index in [1.54, 1.807) is 13.0 Å². The Kier molecular flexibility index (Phi) is 19.5. The minimum atomic E-state index is -1.13. The summed E-state index contributed by atoms with van der Waals surface area (Å²) in [6.45, 7) is 14.6. The van der Waals surface area contributed by atoms with Crippen molar-refractivity contribution in [1.82, 2.24) is 0 Å². The molecule has 4 rings (SSSR count). The quantitative estimate of drug-likeness (QED) is 0.0494. The van der Waals surface area contributed by atoms with Crippen LogP contribution < -0.4 is 4.74 Å². The van der Waals surface area contributed by atoms with Crippen molar-refractivity contribution in [3.05, 3.63) is 101 Å². The van der Waals surface area contributed by atoms with Crippen LogP contribution in [0.25, 0.3) is 22.3 Å². The van der Waals surface area contributed by atoms with Crippen molar-refractivity contribution >= 4 is 11.9 Å². The molecule has 0 unspecified atom stereocenters. The highest BCUT2D eigenvalue weighted by atomic mass is 19.1. The molecule has 1 aliphatic rings. The molecule has 3 aromatic rings. The summed E-state index contributed by atoms with van der Waals surface area (Å²) in [5.74, 6) is 0.421. The van der Waals surface area contributed by atoms with E-state index in [4.69, 9.17) is 14.2 Å². The second kappa shape index (κ2) is 24.7. The molecule has 1 saturated carbocycles. The fourth-order valence-corrected chi connectivity index (χ4v) is 8.40. The Morgan fingerprint density at radius 2 is 1.37 bits per heavy atom. The van der Waals surface area contributed by atoms with E-state index in [2.05, 4.69) is 57.3 Å². The van der Waals surface area contributed by atoms with Crippen LogP contribution in [0.1, 0.15) is 139 Å². The molecular weight excluding hydrogens is 778 g/mol. The van der Waals surface area contributed by atoms with E-state index in [-0.39, 0.29) is 44.1 Å². The van der Waals surface area contributed by atoms with Crippen molar-refractivity contribution in [3.63, 3.8) is 0 Å². The minimum absolute atomic E-state index is 0.0980. The Labute approximate surface area is 369 Å². The molecule has 0 radical (unpaired) electrons. The van der Waals surface area contributed by atoms with Gasteiger partial charge in [-0.2, -0.15) is 15.8 Å². The number of esters is 2. The normalized spacial score (nSPS) is 14.8. The summed E-state index contributed by atoms with van der Waals surface area (Å²) in [5, 5.41) is 29.1. The zero-order valence-electron chi connectivity index (χ0n) is 37.4. The SMILES string of the molecule is C=C(C)C(=O)OCCCc1cc(-c2ccc(-c3ccc(C4CCC(CCCCC)CC4)cc3F)c(CC)c2)cc(CCCC#N)c1OCC(CC#N)(CC#N)COC(=O)C(=C)C. The number of carbonyl (C=O) groups is 2. The van der Waals surface area contributed by atoms with Gasteiger partial charge >= 0.3 is 11.9 Å². The number of halogens is 1. The number of aryl methyl sites for hydroxylation is 3. The van der Waals surface area contributed by atoms with Crippen LogP contribution in [0, 0.1) is 51.1 Å². The molecule has 0 aromatic heterocycles. The molecule has 0 atom stereocenters. The second-order valence-corrected chi connectivity index (χ2v) is 17.1. The van der Waals surface area contributed by atoms with Crippen LogP contribution in [0.4, 0.5) is 4.39 Å². The number of nitrogens with zero attached hydrogens (tertiary/aromatic N) is 3. The Hall–Kier alpha value is -5.72. The van der Waals surface area contributed by atoms with Gasteiger partial charge in [-0.1, -0.05) is 83.0 Å². The second-order valence-electron chi connectivity index (χ2n) is 17.1. The first-order valence-corrected chi connectivity index (χ1v) is 22.4. The van der Waals surface area contributed by atoms with E-state index >= 15 is 4.39 Å². The summed E-state index contributed by atoms with van der Waals surface area (Å²) in [6.07, 6.45) is 12.6. The lowest BCUT2D eigenvalue weighted by atomic mass is 9.77. The van der Waals surface area contributed by atoms with Gasteiger partial charge in [-0.05, 0) is 141 Å². The maximum absolute atomic E-state index is 16.1. The third-order valence-electron chi connectivity index (χ3n) is 12.1. The minimum Gasteiger partial charge on any atom is -0.492 e. The number of unbranched alkanes of at least 4 members (excludes halogenated alkanes) is 3. The molecule has 0 amide bonds. The Balaban J connectivity index is 1.71. The molecule has 1 aliphatic carbocycles. The molecule has 0 aliphatic heterocycles. The number of ether oxygens (including phenoxy) is 3. The average molecular weight is 842 g/mol. The van der Waals surface area contributed by atoms with Gasteiger partial charge in [0.2, 0.25) is 0 Å². The van der Waals surface area contributed by atoms with E-state index in [0.717, 1.165) is 57.7 Å². The molecule has 8 nitrogen and oxygen atoms in total. The molecule has 3 aromatic carbocycles. The highest BCUT2D eigenvalue weighted by Gasteiger charge is 2.34. The lowest BCUT2D eigenvalue weighted by Gasteiger charge is -2.30. The molecule has 0 bridgehead atoms. The molecule has 328 valence electrons. The van der Waals surface area contributed by atoms with Crippen molar-refractivity contribution in [1.29, 1.82) is 15.8 Å². The monoisotopic (exact) mass is 841 g/mol. The lowest BCUT2D eigenvalue weighted by molar-refractivity contribution is -0.143. The number of benzene rings is 3. The molecular formula is C53H64FN3O5. The van der Waals surface area contributed by atoms with E-state index in [9.17, 15) is 25.4 Å². The summed E-state index contributed by atoms with van der Waals surface area (Å²) >= 11 is 0. The topological polar surface area (TPSA) is 133 Å². The largest absolute Gasteiger partial charge is 0.492 e. The van der Waals surface area contributed by atoms with E-state index < -0.39 is 17.4 Å². The van der Waals surface area contributed by atoms with Crippen molar-refractivity contribution in [3.8, 4) is 46.2 Å². The van der Waals surface area contributed by atoms with Crippen molar-refractivity contribution in [2.75, 3.05) is 19.8 Å². The van der Waals surface area contributed by atoms with Gasteiger partial charge in [-0.3, -0.25) is 0 Å². The summed E-state index contributed by atoms with van der Waals surface area (Å²) in [5.41, 5.74) is 6.36. The Morgan fingerprint density at radius 3 is 1.97 bits per heavy atom. The summed E-state index contributed by atoms with van der Waals surface area (Å²) in [4.78, 5) is 24.6. The first-order valence-electron chi connectivity index (χ1n) is 22.4. The predicted octanol–water partition coefficient (Wildman–Crippen LogP) is 12.8. The molecule has 0 spiro atoms. The van der Waals surface area contributed by atoms with Gasteiger partial charge in [0.1, 0.15) is 18.2 Å². The molecule has 0 N–H and O–H groups in total. The van der Waals surface area contributed by atoms with Gasteiger partial charge in [0.25, 0.3) is 0 Å². The number of nitriles is 3. The van der Waals surface area contributed by atoms with Crippen LogP contribution >= 0.6 is 0 Å². The van der Waals surface area contributed by atoms with Crippen LogP contribution in [-0.4, -0.2) is 31.8 Å². The van der Waals surface area contributed by atoms with Gasteiger partial charge in [-0.25, -0.2) is 14.0 Å². The van der Waals surface area contributed by atoms with Crippen LogP contribution in [0.15, 0.2) is 72.8 Å². The smallest absolute Gasteiger partial charge is 0.333 e. The molecule has 0 saturated heterocycles. The van der Waals surface area contributed by atoms with Crippen LogP contribution in [0.5, 0.6) is 5.75 Å². The lowest BCUT2D eigenvalue weighted by Crippen LogP contribution is -2.35. The maximum Gasteiger partial charge on any atom is 0.333 e. The summed E-state index contributed by atoms with van der Waals surface area (Å²) in [6, 6.07) is 22.5. The van der Waals surface area contributed by atoms with Gasteiger partial charge in [-0.15, -0.1) is 0 Å². The average Bonchev–Trinajstić information content (AvgIpc) is 3.26. The number of hydrogen-bond donors (Lipinski definition) is 0. The zero-order chi connectivity index (χ0) is 45.1. The maximum atomic E-state index is 16.1. The first kappa shape index (κ1) is 48.9. The summed E-state index contributed by atoms with van der Waals surface area (Å²) < 4.78 is 33.6. The zero-order valence-corrected chi connectivity index (χ0v) is 37.4. The number of carbonyl (C=O) groups excluding carboxylic acids is 2. The van der Waals surface area contributed by atoms with Crippen LogP contribution in [0.2, 0.25) is 0 Å². The van der Waals surface area contributed by atoms with Gasteiger partial charge in [0.15, 0.2) is 0 Å². The molecule has 1 fully saturated rings. The van der Waals surface area contributed by atoms with Gasteiger partial charge in [0, 0.05) is 36.0 Å².